The fourth-order valence-corrected chi connectivity index (χ4v) is 3.04. The molecule has 7 heteroatoms. The Morgan fingerprint density at radius 1 is 0.897 bits per heavy atom. The Morgan fingerprint density at radius 3 is 2.14 bits per heavy atom. The standard InChI is InChI=1S/C20H25NO2.C2H2O4/c1-22-20-14-18(15-21-12-6-3-7-13-21)10-11-19(20)23-16-17-8-4-2-5-9-17;3-1(4)2(5)6/h2,4-5,8-11,14H,3,6-7,12-13,15-16H2,1H3;(H,3,4)(H,5,6). The number of rotatable bonds is 6. The van der Waals surface area contributed by atoms with Crippen LogP contribution in [0.2, 0.25) is 0 Å². The van der Waals surface area contributed by atoms with Crippen molar-refractivity contribution in [2.45, 2.75) is 32.4 Å². The van der Waals surface area contributed by atoms with Crippen molar-refractivity contribution in [3.05, 3.63) is 59.7 Å². The number of methoxy groups -OCH3 is 1. The van der Waals surface area contributed by atoms with Gasteiger partial charge in [-0.1, -0.05) is 42.8 Å². The lowest BCUT2D eigenvalue weighted by Crippen LogP contribution is -2.29. The van der Waals surface area contributed by atoms with Crippen molar-refractivity contribution < 1.29 is 29.3 Å². The summed E-state index contributed by atoms with van der Waals surface area (Å²) in [6.07, 6.45) is 4.00. The number of nitrogens with zero attached hydrogens (tertiary/aromatic N) is 1. The van der Waals surface area contributed by atoms with Gasteiger partial charge in [-0.2, -0.15) is 0 Å². The lowest BCUT2D eigenvalue weighted by molar-refractivity contribution is -0.159. The van der Waals surface area contributed by atoms with Crippen LogP contribution < -0.4 is 9.47 Å². The minimum atomic E-state index is -1.82. The number of carboxylic acid groups (broad SMARTS) is 2. The topological polar surface area (TPSA) is 96.3 Å². The molecule has 2 aromatic carbocycles. The first kappa shape index (κ1) is 22.2. The van der Waals surface area contributed by atoms with E-state index in [1.807, 2.05) is 24.3 Å². The molecule has 2 N–H and O–H groups in total. The summed E-state index contributed by atoms with van der Waals surface area (Å²) in [4.78, 5) is 20.7. The molecule has 0 saturated carbocycles. The highest BCUT2D eigenvalue weighted by molar-refractivity contribution is 6.27. The summed E-state index contributed by atoms with van der Waals surface area (Å²) >= 11 is 0. The number of hydrogen-bond acceptors (Lipinski definition) is 5. The third-order valence-electron chi connectivity index (χ3n) is 4.50. The second kappa shape index (κ2) is 11.7. The van der Waals surface area contributed by atoms with Crippen molar-refractivity contribution in [2.75, 3.05) is 20.2 Å². The second-order valence-corrected chi connectivity index (χ2v) is 6.71. The lowest BCUT2D eigenvalue weighted by atomic mass is 10.1. The Kier molecular flexibility index (Phi) is 8.98. The first-order valence-corrected chi connectivity index (χ1v) is 9.52. The Morgan fingerprint density at radius 2 is 1.55 bits per heavy atom. The molecule has 29 heavy (non-hydrogen) atoms. The average molecular weight is 401 g/mol. The Hall–Kier alpha value is -3.06. The maximum absolute atomic E-state index is 9.10. The first-order valence-electron chi connectivity index (χ1n) is 9.52. The van der Waals surface area contributed by atoms with Gasteiger partial charge in [0.1, 0.15) is 6.61 Å². The first-order chi connectivity index (χ1) is 14.0. The Balaban J connectivity index is 0.000000438. The number of ether oxygens (including phenoxy) is 2. The van der Waals surface area contributed by atoms with Gasteiger partial charge in [-0.25, -0.2) is 9.59 Å². The van der Waals surface area contributed by atoms with Gasteiger partial charge < -0.3 is 19.7 Å². The van der Waals surface area contributed by atoms with Crippen LogP contribution in [0.5, 0.6) is 11.5 Å². The Bertz CT molecular complexity index is 775. The van der Waals surface area contributed by atoms with E-state index in [-0.39, 0.29) is 0 Å². The molecular weight excluding hydrogens is 374 g/mol. The quantitative estimate of drug-likeness (QED) is 0.716. The van der Waals surface area contributed by atoms with Crippen LogP contribution in [-0.2, 0) is 22.7 Å². The number of carboxylic acids is 2. The molecular formula is C22H27NO6. The van der Waals surface area contributed by atoms with Crippen LogP contribution in [0, 0.1) is 0 Å². The largest absolute Gasteiger partial charge is 0.493 e. The molecule has 156 valence electrons. The van der Waals surface area contributed by atoms with Gasteiger partial charge >= 0.3 is 11.9 Å². The van der Waals surface area contributed by atoms with Gasteiger partial charge in [0.25, 0.3) is 0 Å². The molecule has 1 saturated heterocycles. The van der Waals surface area contributed by atoms with E-state index >= 15 is 0 Å². The highest BCUT2D eigenvalue weighted by atomic mass is 16.5. The summed E-state index contributed by atoms with van der Waals surface area (Å²) in [6.45, 7) is 3.96. The summed E-state index contributed by atoms with van der Waals surface area (Å²) in [5, 5.41) is 14.8. The summed E-state index contributed by atoms with van der Waals surface area (Å²) < 4.78 is 11.4. The predicted molar refractivity (Wildman–Crippen MR) is 108 cm³/mol. The number of carbonyl (C=O) groups is 2. The molecule has 0 radical (unpaired) electrons. The van der Waals surface area contributed by atoms with Gasteiger partial charge in [-0.3, -0.25) is 4.90 Å². The van der Waals surface area contributed by atoms with Crippen molar-refractivity contribution in [3.8, 4) is 11.5 Å². The molecule has 0 aliphatic carbocycles. The minimum Gasteiger partial charge on any atom is -0.493 e. The van der Waals surface area contributed by atoms with Crippen molar-refractivity contribution in [1.82, 2.24) is 4.90 Å². The van der Waals surface area contributed by atoms with Gasteiger partial charge in [0.15, 0.2) is 11.5 Å². The number of aliphatic carboxylic acids is 2. The number of piperidine rings is 1. The molecule has 1 heterocycles. The third-order valence-corrected chi connectivity index (χ3v) is 4.50. The fraction of sp³-hybridized carbons (Fsp3) is 0.364. The van der Waals surface area contributed by atoms with E-state index in [0.717, 1.165) is 23.6 Å². The van der Waals surface area contributed by atoms with Gasteiger partial charge in [-0.15, -0.1) is 0 Å². The Labute approximate surface area is 170 Å². The van der Waals surface area contributed by atoms with Crippen LogP contribution in [0.4, 0.5) is 0 Å². The average Bonchev–Trinajstić information content (AvgIpc) is 2.74. The van der Waals surface area contributed by atoms with E-state index in [4.69, 9.17) is 29.3 Å². The minimum absolute atomic E-state index is 0.558. The van der Waals surface area contributed by atoms with Crippen molar-refractivity contribution >= 4 is 11.9 Å². The summed E-state index contributed by atoms with van der Waals surface area (Å²) in [5.41, 5.74) is 2.45. The number of hydrogen-bond donors (Lipinski definition) is 2. The summed E-state index contributed by atoms with van der Waals surface area (Å²) in [7, 11) is 1.70. The van der Waals surface area contributed by atoms with Gasteiger partial charge in [0, 0.05) is 6.54 Å². The molecule has 0 atom stereocenters. The lowest BCUT2D eigenvalue weighted by Gasteiger charge is -2.26. The van der Waals surface area contributed by atoms with Crippen LogP contribution >= 0.6 is 0 Å². The van der Waals surface area contributed by atoms with Crippen LogP contribution in [0.15, 0.2) is 48.5 Å². The molecule has 3 rings (SSSR count). The molecule has 0 bridgehead atoms. The maximum atomic E-state index is 9.10. The zero-order valence-electron chi connectivity index (χ0n) is 16.5. The molecule has 0 spiro atoms. The molecule has 1 aliphatic heterocycles. The third kappa shape index (κ3) is 7.83. The fourth-order valence-electron chi connectivity index (χ4n) is 3.04. The molecule has 1 aliphatic rings. The molecule has 0 unspecified atom stereocenters. The zero-order valence-corrected chi connectivity index (χ0v) is 16.5. The predicted octanol–water partition coefficient (Wildman–Crippen LogP) is 3.42. The highest BCUT2D eigenvalue weighted by Crippen LogP contribution is 2.29. The van der Waals surface area contributed by atoms with Crippen molar-refractivity contribution in [3.63, 3.8) is 0 Å². The second-order valence-electron chi connectivity index (χ2n) is 6.71. The monoisotopic (exact) mass is 401 g/mol. The van der Waals surface area contributed by atoms with Crippen LogP contribution in [0.3, 0.4) is 0 Å². The van der Waals surface area contributed by atoms with Crippen LogP contribution in [0.25, 0.3) is 0 Å². The molecule has 1 fully saturated rings. The van der Waals surface area contributed by atoms with E-state index in [2.05, 4.69) is 29.2 Å². The zero-order chi connectivity index (χ0) is 21.1. The normalized spacial score (nSPS) is 13.7. The molecule has 0 aromatic heterocycles. The van der Waals surface area contributed by atoms with E-state index in [1.165, 1.54) is 37.9 Å². The van der Waals surface area contributed by atoms with Gasteiger partial charge in [-0.05, 0) is 49.2 Å². The number of benzene rings is 2. The van der Waals surface area contributed by atoms with Crippen molar-refractivity contribution in [2.24, 2.45) is 0 Å². The number of likely N-dealkylation sites (tertiary alicyclic amines) is 1. The van der Waals surface area contributed by atoms with Crippen LogP contribution in [0.1, 0.15) is 30.4 Å². The summed E-state index contributed by atoms with van der Waals surface area (Å²) in [6, 6.07) is 16.5. The van der Waals surface area contributed by atoms with Crippen LogP contribution in [-0.4, -0.2) is 47.3 Å². The highest BCUT2D eigenvalue weighted by Gasteiger charge is 2.12. The molecule has 0 amide bonds. The summed E-state index contributed by atoms with van der Waals surface area (Å²) in [5.74, 6) is -2.03. The SMILES string of the molecule is COc1cc(CN2CCCCC2)ccc1OCc1ccccc1.O=C(O)C(=O)O. The smallest absolute Gasteiger partial charge is 0.414 e. The molecule has 2 aromatic rings. The maximum Gasteiger partial charge on any atom is 0.414 e. The van der Waals surface area contributed by atoms with E-state index < -0.39 is 11.9 Å². The van der Waals surface area contributed by atoms with E-state index in [0.29, 0.717) is 6.61 Å². The van der Waals surface area contributed by atoms with E-state index in [1.54, 1.807) is 7.11 Å². The van der Waals surface area contributed by atoms with Crippen molar-refractivity contribution in [1.29, 1.82) is 0 Å². The van der Waals surface area contributed by atoms with Gasteiger partial charge in [0.2, 0.25) is 0 Å². The molecule has 7 nitrogen and oxygen atoms in total. The van der Waals surface area contributed by atoms with E-state index in [9.17, 15) is 0 Å². The van der Waals surface area contributed by atoms with Gasteiger partial charge in [0.05, 0.1) is 7.11 Å².